The van der Waals surface area contributed by atoms with E-state index in [9.17, 15) is 13.2 Å². The van der Waals surface area contributed by atoms with E-state index in [0.29, 0.717) is 19.8 Å². The third-order valence-electron chi connectivity index (χ3n) is 2.59. The first-order chi connectivity index (χ1) is 10.6. The molecule has 1 heterocycles. The maximum absolute atomic E-state index is 12.3. The highest BCUT2D eigenvalue weighted by Gasteiger charge is 2.22. The molecule has 1 N–H and O–H groups in total. The number of aromatic nitrogens is 2. The highest BCUT2D eigenvalue weighted by atomic mass is 79.9. The molecule has 0 saturated carbocycles. The third-order valence-corrected chi connectivity index (χ3v) is 5.94. The summed E-state index contributed by atoms with van der Waals surface area (Å²) in [7, 11) is -3.32. The summed E-state index contributed by atoms with van der Waals surface area (Å²) >= 11 is 18.2. The maximum Gasteiger partial charge on any atom is 0.277 e. The topological polar surface area (TPSA) is 81.1 Å². The minimum absolute atomic E-state index is 0.0199. The molecule has 0 aliphatic rings. The molecule has 0 aliphatic carbocycles. The Hall–Kier alpha value is -0.610. The highest BCUT2D eigenvalue weighted by Crippen LogP contribution is 2.29. The molecule has 6 nitrogen and oxygen atoms in total. The first kappa shape index (κ1) is 18.7. The fourth-order valence-electron chi connectivity index (χ4n) is 1.64. The molecule has 0 unspecified atom stereocenters. The van der Waals surface area contributed by atoms with Crippen LogP contribution in [0.4, 0.5) is 5.69 Å². The number of carbonyl (C=O) groups excluding carboxylic acids is 1. The van der Waals surface area contributed by atoms with Gasteiger partial charge in [-0.3, -0.25) is 4.79 Å². The van der Waals surface area contributed by atoms with E-state index in [1.807, 2.05) is 0 Å². The van der Waals surface area contributed by atoms with Crippen LogP contribution in [-0.2, 0) is 15.7 Å². The molecule has 0 spiro atoms. The monoisotopic (exact) mass is 503 g/mol. The number of anilines is 1. The second kappa shape index (κ2) is 7.10. The van der Waals surface area contributed by atoms with Gasteiger partial charge in [-0.05, 0) is 50.1 Å². The molecule has 11 heteroatoms. The lowest BCUT2D eigenvalue weighted by molar-refractivity contribution is 0.102. The van der Waals surface area contributed by atoms with Crippen molar-refractivity contribution in [1.29, 1.82) is 0 Å². The van der Waals surface area contributed by atoms with Crippen LogP contribution in [0, 0.1) is 0 Å². The largest absolute Gasteiger partial charge is 0.319 e. The molecule has 0 radical (unpaired) electrons. The zero-order valence-electron chi connectivity index (χ0n) is 11.5. The quantitative estimate of drug-likeness (QED) is 0.681. The van der Waals surface area contributed by atoms with Crippen molar-refractivity contribution in [3.8, 4) is 0 Å². The number of hydrogen-bond acceptors (Lipinski definition) is 4. The SMILES string of the molecule is CS(=O)(=O)Cn1nc(C(=O)Nc2ccc(Cl)cc2Cl)c(Br)c1Br. The number of rotatable bonds is 4. The highest BCUT2D eigenvalue weighted by molar-refractivity contribution is 9.13. The van der Waals surface area contributed by atoms with E-state index in [1.165, 1.54) is 6.07 Å². The first-order valence-electron chi connectivity index (χ1n) is 5.94. The van der Waals surface area contributed by atoms with Crippen LogP contribution in [0.5, 0.6) is 0 Å². The van der Waals surface area contributed by atoms with Gasteiger partial charge in [0.2, 0.25) is 0 Å². The van der Waals surface area contributed by atoms with E-state index < -0.39 is 15.7 Å². The minimum atomic E-state index is -3.32. The van der Waals surface area contributed by atoms with E-state index >= 15 is 0 Å². The summed E-state index contributed by atoms with van der Waals surface area (Å²) in [6, 6.07) is 4.63. The van der Waals surface area contributed by atoms with Gasteiger partial charge in [0.15, 0.2) is 15.5 Å². The molecular weight excluding hydrogens is 497 g/mol. The third kappa shape index (κ3) is 4.69. The van der Waals surface area contributed by atoms with Crippen molar-refractivity contribution in [2.75, 3.05) is 11.6 Å². The fourth-order valence-corrected chi connectivity index (χ4v) is 3.75. The van der Waals surface area contributed by atoms with Gasteiger partial charge in [-0.25, -0.2) is 13.1 Å². The fraction of sp³-hybridized carbons (Fsp3) is 0.167. The van der Waals surface area contributed by atoms with E-state index in [-0.39, 0.29) is 16.6 Å². The normalized spacial score (nSPS) is 11.5. The van der Waals surface area contributed by atoms with Crippen LogP contribution in [0.1, 0.15) is 10.5 Å². The molecule has 0 bridgehead atoms. The van der Waals surface area contributed by atoms with Crippen LogP contribution >= 0.6 is 55.1 Å². The number of hydrogen-bond donors (Lipinski definition) is 1. The van der Waals surface area contributed by atoms with Crippen molar-refractivity contribution in [3.63, 3.8) is 0 Å². The number of halogens is 4. The molecular formula is C12H9Br2Cl2N3O3S. The summed E-state index contributed by atoms with van der Waals surface area (Å²) in [5, 5.41) is 7.31. The molecule has 0 fully saturated rings. The molecule has 1 aromatic carbocycles. The lowest BCUT2D eigenvalue weighted by Crippen LogP contribution is -2.15. The second-order valence-electron chi connectivity index (χ2n) is 4.59. The predicted octanol–water partition coefficient (Wildman–Crippen LogP) is 3.97. The van der Waals surface area contributed by atoms with E-state index in [2.05, 4.69) is 42.3 Å². The number of carbonyl (C=O) groups is 1. The van der Waals surface area contributed by atoms with Crippen LogP contribution in [0.3, 0.4) is 0 Å². The van der Waals surface area contributed by atoms with Crippen molar-refractivity contribution in [2.45, 2.75) is 5.88 Å². The smallest absolute Gasteiger partial charge is 0.277 e. The zero-order chi connectivity index (χ0) is 17.4. The summed E-state index contributed by atoms with van der Waals surface area (Å²) in [4.78, 5) is 12.3. The van der Waals surface area contributed by atoms with Gasteiger partial charge in [0.25, 0.3) is 5.91 Å². The van der Waals surface area contributed by atoms with Crippen LogP contribution in [-0.4, -0.2) is 30.4 Å². The average molecular weight is 506 g/mol. The van der Waals surface area contributed by atoms with Crippen LogP contribution in [0.2, 0.25) is 10.0 Å². The van der Waals surface area contributed by atoms with Gasteiger partial charge in [0.1, 0.15) is 10.5 Å². The van der Waals surface area contributed by atoms with Crippen molar-refractivity contribution in [3.05, 3.63) is 43.0 Å². The summed E-state index contributed by atoms with van der Waals surface area (Å²) < 4.78 is 24.6. The molecule has 1 aromatic heterocycles. The van der Waals surface area contributed by atoms with E-state index in [1.54, 1.807) is 12.1 Å². The summed E-state index contributed by atoms with van der Waals surface area (Å²) in [6.07, 6.45) is 1.07. The zero-order valence-corrected chi connectivity index (χ0v) is 17.0. The van der Waals surface area contributed by atoms with Crippen LogP contribution in [0.25, 0.3) is 0 Å². The lowest BCUT2D eigenvalue weighted by atomic mass is 10.3. The van der Waals surface area contributed by atoms with Crippen molar-refractivity contribution < 1.29 is 13.2 Å². The average Bonchev–Trinajstić information content (AvgIpc) is 2.68. The predicted molar refractivity (Wildman–Crippen MR) is 96.9 cm³/mol. The van der Waals surface area contributed by atoms with Gasteiger partial charge >= 0.3 is 0 Å². The Labute approximate surface area is 159 Å². The molecule has 0 saturated heterocycles. The molecule has 0 aliphatic heterocycles. The first-order valence-corrected chi connectivity index (χ1v) is 10.3. The molecule has 2 rings (SSSR count). The molecule has 23 heavy (non-hydrogen) atoms. The number of amides is 1. The summed E-state index contributed by atoms with van der Waals surface area (Å²) in [6.45, 7) is 0. The van der Waals surface area contributed by atoms with Crippen molar-refractivity contribution in [2.24, 2.45) is 0 Å². The molecule has 124 valence electrons. The maximum atomic E-state index is 12.3. The standard InChI is InChI=1S/C12H9Br2Cl2N3O3S/c1-23(21,22)5-19-11(14)9(13)10(18-19)12(20)17-8-3-2-6(15)4-7(8)16/h2-4H,5H2,1H3,(H,17,20). The van der Waals surface area contributed by atoms with Crippen molar-refractivity contribution >= 4 is 76.5 Å². The number of sulfone groups is 1. The molecule has 1 amide bonds. The van der Waals surface area contributed by atoms with Crippen molar-refractivity contribution in [1.82, 2.24) is 9.78 Å². The summed E-state index contributed by atoms with van der Waals surface area (Å²) in [5.41, 5.74) is 0.383. The Morgan fingerprint density at radius 1 is 1.35 bits per heavy atom. The van der Waals surface area contributed by atoms with E-state index in [4.69, 9.17) is 23.2 Å². The second-order valence-corrected chi connectivity index (χ2v) is 9.08. The van der Waals surface area contributed by atoms with Gasteiger partial charge < -0.3 is 5.32 Å². The van der Waals surface area contributed by atoms with Crippen LogP contribution < -0.4 is 5.32 Å². The number of benzene rings is 1. The van der Waals surface area contributed by atoms with Gasteiger partial charge in [0.05, 0.1) is 15.2 Å². The van der Waals surface area contributed by atoms with Crippen LogP contribution in [0.15, 0.2) is 27.3 Å². The van der Waals surface area contributed by atoms with Gasteiger partial charge in [-0.15, -0.1) is 0 Å². The van der Waals surface area contributed by atoms with Gasteiger partial charge in [-0.1, -0.05) is 23.2 Å². The Morgan fingerprint density at radius 2 is 2.00 bits per heavy atom. The lowest BCUT2D eigenvalue weighted by Gasteiger charge is -2.06. The van der Waals surface area contributed by atoms with Gasteiger partial charge in [-0.2, -0.15) is 5.10 Å². The summed E-state index contributed by atoms with van der Waals surface area (Å²) in [5.74, 6) is -0.907. The Balaban J connectivity index is 2.31. The van der Waals surface area contributed by atoms with Gasteiger partial charge in [0, 0.05) is 11.3 Å². The Kier molecular flexibility index (Phi) is 5.78. The number of nitrogens with zero attached hydrogens (tertiary/aromatic N) is 2. The number of nitrogens with one attached hydrogen (secondary N) is 1. The Bertz CT molecular complexity index is 884. The minimum Gasteiger partial charge on any atom is -0.319 e. The Morgan fingerprint density at radius 3 is 2.57 bits per heavy atom. The van der Waals surface area contributed by atoms with E-state index in [0.717, 1.165) is 10.9 Å². The molecule has 2 aromatic rings. The molecule has 0 atom stereocenters.